The molecule has 0 aromatic carbocycles. The molecule has 0 amide bonds. The second kappa shape index (κ2) is 2.78. The van der Waals surface area contributed by atoms with Crippen molar-refractivity contribution in [1.29, 1.82) is 0 Å². The van der Waals surface area contributed by atoms with Gasteiger partial charge in [-0.1, -0.05) is 25.7 Å². The fraction of sp³-hybridized carbons (Fsp3) is 1.00. The Morgan fingerprint density at radius 3 is 2.36 bits per heavy atom. The molecule has 11 heavy (non-hydrogen) atoms. The average Bonchev–Trinajstić information content (AvgIpc) is 2.53. The second-order valence-electron chi connectivity index (χ2n) is 4.41. The Hall–Kier alpha value is -0.0400. The molecule has 64 valence electrons. The summed E-state index contributed by atoms with van der Waals surface area (Å²) in [5.74, 6) is 0.958. The van der Waals surface area contributed by atoms with Gasteiger partial charge in [-0.2, -0.15) is 0 Å². The van der Waals surface area contributed by atoms with Crippen LogP contribution in [0.25, 0.3) is 0 Å². The van der Waals surface area contributed by atoms with Crippen molar-refractivity contribution in [2.24, 2.45) is 5.92 Å². The minimum Gasteiger partial charge on any atom is -0.390 e. The van der Waals surface area contributed by atoms with Gasteiger partial charge in [0, 0.05) is 0 Å². The lowest BCUT2D eigenvalue weighted by Crippen LogP contribution is -2.08. The molecule has 0 aromatic rings. The largest absolute Gasteiger partial charge is 0.390 e. The Morgan fingerprint density at radius 1 is 1.18 bits per heavy atom. The molecule has 0 spiro atoms. The summed E-state index contributed by atoms with van der Waals surface area (Å²) in [6.07, 6.45) is 10.2. The molecule has 0 unspecified atom stereocenters. The molecular weight excluding hydrogens is 136 g/mol. The Morgan fingerprint density at radius 2 is 1.82 bits per heavy atom. The van der Waals surface area contributed by atoms with Crippen LogP contribution in [0.3, 0.4) is 0 Å². The molecule has 1 heteroatoms. The zero-order valence-electron chi connectivity index (χ0n) is 7.18. The molecule has 0 aromatic heterocycles. The lowest BCUT2D eigenvalue weighted by atomic mass is 9.99. The van der Waals surface area contributed by atoms with Crippen molar-refractivity contribution >= 4 is 0 Å². The van der Waals surface area contributed by atoms with Gasteiger partial charge in [0.1, 0.15) is 0 Å². The van der Waals surface area contributed by atoms with Gasteiger partial charge < -0.3 is 5.11 Å². The molecule has 2 fully saturated rings. The van der Waals surface area contributed by atoms with E-state index in [-0.39, 0.29) is 5.60 Å². The summed E-state index contributed by atoms with van der Waals surface area (Å²) in [6.45, 7) is 0. The maximum atomic E-state index is 9.59. The molecule has 2 rings (SSSR count). The van der Waals surface area contributed by atoms with Gasteiger partial charge in [0.15, 0.2) is 0 Å². The van der Waals surface area contributed by atoms with Crippen LogP contribution in [0.15, 0.2) is 0 Å². The maximum absolute atomic E-state index is 9.59. The van der Waals surface area contributed by atoms with Crippen molar-refractivity contribution in [3.63, 3.8) is 0 Å². The number of hydrogen-bond acceptors (Lipinski definition) is 1. The van der Waals surface area contributed by atoms with Crippen LogP contribution in [0.2, 0.25) is 0 Å². The molecule has 0 aliphatic heterocycles. The molecule has 2 saturated carbocycles. The van der Waals surface area contributed by atoms with E-state index in [0.29, 0.717) is 0 Å². The zero-order chi connectivity index (χ0) is 7.73. The van der Waals surface area contributed by atoms with E-state index in [0.717, 1.165) is 25.2 Å². The van der Waals surface area contributed by atoms with Gasteiger partial charge in [-0.05, 0) is 31.6 Å². The molecule has 2 aliphatic carbocycles. The zero-order valence-corrected chi connectivity index (χ0v) is 7.18. The van der Waals surface area contributed by atoms with E-state index in [1.54, 1.807) is 0 Å². The van der Waals surface area contributed by atoms with Crippen molar-refractivity contribution in [1.82, 2.24) is 0 Å². The van der Waals surface area contributed by atoms with E-state index in [4.69, 9.17) is 0 Å². The number of aliphatic hydroxyl groups is 1. The van der Waals surface area contributed by atoms with Crippen LogP contribution < -0.4 is 0 Å². The minimum atomic E-state index is -0.192. The normalized spacial score (nSPS) is 29.2. The van der Waals surface area contributed by atoms with Gasteiger partial charge in [-0.25, -0.2) is 0 Å². The molecule has 2 aliphatic rings. The fourth-order valence-corrected chi connectivity index (χ4v) is 2.17. The fourth-order valence-electron chi connectivity index (χ4n) is 2.17. The van der Waals surface area contributed by atoms with E-state index < -0.39 is 0 Å². The third kappa shape index (κ3) is 1.96. The molecule has 1 nitrogen and oxygen atoms in total. The standard InChI is InChI=1S/C10H18O/c11-10(7-8-10)6-5-9-3-1-2-4-9/h9,11H,1-8H2. The molecule has 0 radical (unpaired) electrons. The number of hydrogen-bond donors (Lipinski definition) is 1. The van der Waals surface area contributed by atoms with Gasteiger partial charge in [-0.15, -0.1) is 0 Å². The smallest absolute Gasteiger partial charge is 0.0650 e. The quantitative estimate of drug-likeness (QED) is 0.662. The van der Waals surface area contributed by atoms with Crippen LogP contribution >= 0.6 is 0 Å². The molecule has 0 atom stereocenters. The summed E-state index contributed by atoms with van der Waals surface area (Å²) < 4.78 is 0. The van der Waals surface area contributed by atoms with Gasteiger partial charge in [0.2, 0.25) is 0 Å². The Balaban J connectivity index is 1.65. The minimum absolute atomic E-state index is 0.192. The number of rotatable bonds is 3. The average molecular weight is 154 g/mol. The monoisotopic (exact) mass is 154 g/mol. The highest BCUT2D eigenvalue weighted by molar-refractivity contribution is 4.93. The lowest BCUT2D eigenvalue weighted by Gasteiger charge is -2.11. The van der Waals surface area contributed by atoms with Crippen molar-refractivity contribution in [2.45, 2.75) is 57.0 Å². The Bertz CT molecular complexity index is 132. The third-order valence-corrected chi connectivity index (χ3v) is 3.32. The SMILES string of the molecule is OC1(CCC2CCCC2)CC1. The summed E-state index contributed by atoms with van der Waals surface area (Å²) in [4.78, 5) is 0. The first-order valence-corrected chi connectivity index (χ1v) is 5.01. The first-order chi connectivity index (χ1) is 5.29. The van der Waals surface area contributed by atoms with Crippen LogP contribution in [0.5, 0.6) is 0 Å². The Labute approximate surface area is 68.8 Å². The topological polar surface area (TPSA) is 20.2 Å². The molecular formula is C10H18O. The van der Waals surface area contributed by atoms with Crippen molar-refractivity contribution in [3.8, 4) is 0 Å². The van der Waals surface area contributed by atoms with Crippen molar-refractivity contribution in [3.05, 3.63) is 0 Å². The Kier molecular flexibility index (Phi) is 1.92. The summed E-state index contributed by atoms with van der Waals surface area (Å²) in [7, 11) is 0. The van der Waals surface area contributed by atoms with Crippen LogP contribution in [0, 0.1) is 5.92 Å². The van der Waals surface area contributed by atoms with Crippen LogP contribution in [0.4, 0.5) is 0 Å². The highest BCUT2D eigenvalue weighted by atomic mass is 16.3. The second-order valence-corrected chi connectivity index (χ2v) is 4.41. The van der Waals surface area contributed by atoms with Crippen LogP contribution in [-0.4, -0.2) is 10.7 Å². The van der Waals surface area contributed by atoms with E-state index in [2.05, 4.69) is 0 Å². The van der Waals surface area contributed by atoms with Crippen molar-refractivity contribution < 1.29 is 5.11 Å². The lowest BCUT2D eigenvalue weighted by molar-refractivity contribution is 0.130. The van der Waals surface area contributed by atoms with Crippen LogP contribution in [-0.2, 0) is 0 Å². The highest BCUT2D eigenvalue weighted by Gasteiger charge is 2.40. The molecule has 0 saturated heterocycles. The summed E-state index contributed by atoms with van der Waals surface area (Å²) in [5, 5.41) is 9.59. The van der Waals surface area contributed by atoms with Crippen molar-refractivity contribution in [2.75, 3.05) is 0 Å². The summed E-state index contributed by atoms with van der Waals surface area (Å²) in [5.41, 5.74) is -0.192. The summed E-state index contributed by atoms with van der Waals surface area (Å²) in [6, 6.07) is 0. The molecule has 0 heterocycles. The maximum Gasteiger partial charge on any atom is 0.0650 e. The van der Waals surface area contributed by atoms with E-state index in [9.17, 15) is 5.11 Å². The van der Waals surface area contributed by atoms with Gasteiger partial charge >= 0.3 is 0 Å². The van der Waals surface area contributed by atoms with E-state index in [1.807, 2.05) is 0 Å². The molecule has 0 bridgehead atoms. The van der Waals surface area contributed by atoms with Gasteiger partial charge in [0.25, 0.3) is 0 Å². The predicted octanol–water partition coefficient (Wildman–Crippen LogP) is 2.48. The van der Waals surface area contributed by atoms with Crippen LogP contribution in [0.1, 0.15) is 51.4 Å². The first kappa shape index (κ1) is 7.60. The highest BCUT2D eigenvalue weighted by Crippen LogP contribution is 2.42. The van der Waals surface area contributed by atoms with E-state index >= 15 is 0 Å². The summed E-state index contributed by atoms with van der Waals surface area (Å²) >= 11 is 0. The van der Waals surface area contributed by atoms with Gasteiger partial charge in [-0.3, -0.25) is 0 Å². The molecule has 1 N–H and O–H groups in total. The van der Waals surface area contributed by atoms with E-state index in [1.165, 1.54) is 32.1 Å². The first-order valence-electron chi connectivity index (χ1n) is 5.01. The third-order valence-electron chi connectivity index (χ3n) is 3.32. The predicted molar refractivity (Wildman–Crippen MR) is 45.4 cm³/mol. The van der Waals surface area contributed by atoms with Gasteiger partial charge in [0.05, 0.1) is 5.60 Å².